The van der Waals surface area contributed by atoms with Crippen molar-refractivity contribution in [1.82, 2.24) is 10.6 Å². The smallest absolute Gasteiger partial charge is 0.237 e. The van der Waals surface area contributed by atoms with Gasteiger partial charge >= 0.3 is 0 Å². The van der Waals surface area contributed by atoms with Crippen LogP contribution in [0.25, 0.3) is 0 Å². The van der Waals surface area contributed by atoms with Gasteiger partial charge in [-0.25, -0.2) is 0 Å². The van der Waals surface area contributed by atoms with E-state index in [1.54, 1.807) is 0 Å². The second-order valence-corrected chi connectivity index (χ2v) is 5.93. The summed E-state index contributed by atoms with van der Waals surface area (Å²) in [5.41, 5.74) is -0.191. The number of carbonyl (C=O) groups excluding carboxylic acids is 1. The van der Waals surface area contributed by atoms with E-state index in [-0.39, 0.29) is 17.5 Å². The van der Waals surface area contributed by atoms with Gasteiger partial charge in [0.05, 0.1) is 12.6 Å². The van der Waals surface area contributed by atoms with Crippen molar-refractivity contribution in [3.63, 3.8) is 0 Å². The summed E-state index contributed by atoms with van der Waals surface area (Å²) in [7, 11) is 0. The molecule has 4 heteroatoms. The summed E-state index contributed by atoms with van der Waals surface area (Å²) in [6, 6.07) is 9.55. The van der Waals surface area contributed by atoms with Gasteiger partial charge in [-0.05, 0) is 52.8 Å². The fourth-order valence-corrected chi connectivity index (χ4v) is 1.67. The van der Waals surface area contributed by atoms with Crippen LogP contribution in [0.2, 0.25) is 0 Å². The fraction of sp³-hybridized carbons (Fsp3) is 0.562. The van der Waals surface area contributed by atoms with Crippen molar-refractivity contribution in [2.24, 2.45) is 0 Å². The Labute approximate surface area is 121 Å². The molecule has 0 radical (unpaired) electrons. The highest BCUT2D eigenvalue weighted by Crippen LogP contribution is 2.08. The van der Waals surface area contributed by atoms with Crippen LogP contribution in [0, 0.1) is 0 Å². The Morgan fingerprint density at radius 2 is 1.90 bits per heavy atom. The molecule has 0 aliphatic heterocycles. The fourth-order valence-electron chi connectivity index (χ4n) is 1.67. The van der Waals surface area contributed by atoms with Crippen molar-refractivity contribution >= 4 is 5.91 Å². The van der Waals surface area contributed by atoms with Crippen molar-refractivity contribution in [2.75, 3.05) is 13.2 Å². The molecule has 0 bridgehead atoms. The van der Waals surface area contributed by atoms with Crippen LogP contribution in [-0.4, -0.2) is 30.6 Å². The van der Waals surface area contributed by atoms with Crippen molar-refractivity contribution in [3.05, 3.63) is 30.3 Å². The summed E-state index contributed by atoms with van der Waals surface area (Å²) in [6.07, 6.45) is 0.863. The largest absolute Gasteiger partial charge is 0.494 e. The second-order valence-electron chi connectivity index (χ2n) is 5.93. The number of ether oxygens (including phenoxy) is 1. The number of para-hydroxylation sites is 1. The first-order valence-electron chi connectivity index (χ1n) is 7.12. The molecule has 2 N–H and O–H groups in total. The molecular formula is C16H26N2O2. The van der Waals surface area contributed by atoms with Crippen LogP contribution in [0.1, 0.15) is 34.1 Å². The minimum absolute atomic E-state index is 0.0291. The van der Waals surface area contributed by atoms with Gasteiger partial charge in [-0.15, -0.1) is 0 Å². The third-order valence-corrected chi connectivity index (χ3v) is 2.68. The minimum Gasteiger partial charge on any atom is -0.494 e. The molecule has 1 rings (SSSR count). The van der Waals surface area contributed by atoms with Crippen LogP contribution in [0.15, 0.2) is 30.3 Å². The van der Waals surface area contributed by atoms with Gasteiger partial charge in [0.25, 0.3) is 0 Å². The summed E-state index contributed by atoms with van der Waals surface area (Å²) in [5, 5.41) is 6.15. The summed E-state index contributed by atoms with van der Waals surface area (Å²) in [6.45, 7) is 9.21. The van der Waals surface area contributed by atoms with Gasteiger partial charge in [-0.3, -0.25) is 4.79 Å². The highest BCUT2D eigenvalue weighted by molar-refractivity contribution is 5.81. The first kappa shape index (κ1) is 16.5. The second kappa shape index (κ2) is 7.90. The maximum absolute atomic E-state index is 11.8. The van der Waals surface area contributed by atoms with Crippen molar-refractivity contribution in [1.29, 1.82) is 0 Å². The molecule has 0 aliphatic carbocycles. The van der Waals surface area contributed by atoms with Gasteiger partial charge in [0.1, 0.15) is 5.75 Å². The average molecular weight is 278 g/mol. The summed E-state index contributed by atoms with van der Waals surface area (Å²) in [5.74, 6) is 0.910. The lowest BCUT2D eigenvalue weighted by atomic mass is 10.1. The molecule has 0 heterocycles. The lowest BCUT2D eigenvalue weighted by molar-refractivity contribution is -0.124. The molecule has 1 aromatic rings. The Kier molecular flexibility index (Phi) is 6.52. The Bertz CT molecular complexity index is 399. The molecule has 1 aromatic carbocycles. The number of carbonyl (C=O) groups is 1. The number of benzene rings is 1. The SMILES string of the molecule is CC(NCCCOc1ccccc1)C(=O)NC(C)(C)C. The zero-order valence-electron chi connectivity index (χ0n) is 12.9. The third kappa shape index (κ3) is 7.14. The van der Waals surface area contributed by atoms with E-state index < -0.39 is 0 Å². The molecule has 0 fully saturated rings. The standard InChI is InChI=1S/C16H26N2O2/c1-13(15(19)18-16(2,3)4)17-11-8-12-20-14-9-6-5-7-10-14/h5-7,9-10,13,17H,8,11-12H2,1-4H3,(H,18,19). The first-order chi connectivity index (χ1) is 9.38. The first-order valence-corrected chi connectivity index (χ1v) is 7.12. The lowest BCUT2D eigenvalue weighted by Gasteiger charge is -2.23. The molecule has 0 spiro atoms. The predicted molar refractivity (Wildman–Crippen MR) is 81.9 cm³/mol. The Balaban J connectivity index is 2.13. The Hall–Kier alpha value is -1.55. The maximum Gasteiger partial charge on any atom is 0.237 e. The summed E-state index contributed by atoms with van der Waals surface area (Å²) < 4.78 is 5.59. The molecule has 20 heavy (non-hydrogen) atoms. The van der Waals surface area contributed by atoms with E-state index in [9.17, 15) is 4.79 Å². The molecule has 1 atom stereocenters. The van der Waals surface area contributed by atoms with E-state index in [1.165, 1.54) is 0 Å². The van der Waals surface area contributed by atoms with Crippen molar-refractivity contribution in [2.45, 2.75) is 45.7 Å². The molecule has 4 nitrogen and oxygen atoms in total. The molecule has 0 saturated heterocycles. The minimum atomic E-state index is -0.191. The number of hydrogen-bond donors (Lipinski definition) is 2. The van der Waals surface area contributed by atoms with Crippen molar-refractivity contribution < 1.29 is 9.53 Å². The van der Waals surface area contributed by atoms with E-state index in [2.05, 4.69) is 10.6 Å². The number of amides is 1. The van der Waals surface area contributed by atoms with E-state index >= 15 is 0 Å². The zero-order chi connectivity index (χ0) is 15.0. The third-order valence-electron chi connectivity index (χ3n) is 2.68. The van der Waals surface area contributed by atoms with Crippen LogP contribution in [0.4, 0.5) is 0 Å². The molecule has 1 unspecified atom stereocenters. The van der Waals surface area contributed by atoms with Crippen LogP contribution in [-0.2, 0) is 4.79 Å². The number of hydrogen-bond acceptors (Lipinski definition) is 3. The molecule has 0 aliphatic rings. The molecule has 1 amide bonds. The maximum atomic E-state index is 11.8. The number of rotatable bonds is 7. The van der Waals surface area contributed by atoms with E-state index in [0.29, 0.717) is 6.61 Å². The Morgan fingerprint density at radius 3 is 2.50 bits per heavy atom. The molecule has 0 aromatic heterocycles. The van der Waals surface area contributed by atoms with Crippen LogP contribution in [0.3, 0.4) is 0 Å². The lowest BCUT2D eigenvalue weighted by Crippen LogP contribution is -2.49. The van der Waals surface area contributed by atoms with Crippen LogP contribution in [0.5, 0.6) is 5.75 Å². The van der Waals surface area contributed by atoms with Gasteiger partial charge < -0.3 is 15.4 Å². The Morgan fingerprint density at radius 1 is 1.25 bits per heavy atom. The summed E-state index contributed by atoms with van der Waals surface area (Å²) in [4.78, 5) is 11.8. The van der Waals surface area contributed by atoms with E-state index in [1.807, 2.05) is 58.0 Å². The summed E-state index contributed by atoms with van der Waals surface area (Å²) >= 11 is 0. The molecule has 112 valence electrons. The normalized spacial score (nSPS) is 12.8. The average Bonchev–Trinajstić information content (AvgIpc) is 2.37. The highest BCUT2D eigenvalue weighted by Gasteiger charge is 2.18. The highest BCUT2D eigenvalue weighted by atomic mass is 16.5. The van der Waals surface area contributed by atoms with E-state index in [0.717, 1.165) is 18.7 Å². The van der Waals surface area contributed by atoms with Gasteiger partial charge in [0.2, 0.25) is 5.91 Å². The van der Waals surface area contributed by atoms with Gasteiger partial charge in [0.15, 0.2) is 0 Å². The van der Waals surface area contributed by atoms with E-state index in [4.69, 9.17) is 4.74 Å². The predicted octanol–water partition coefficient (Wildman–Crippen LogP) is 2.35. The van der Waals surface area contributed by atoms with Crippen LogP contribution < -0.4 is 15.4 Å². The van der Waals surface area contributed by atoms with Gasteiger partial charge in [-0.1, -0.05) is 18.2 Å². The topological polar surface area (TPSA) is 50.4 Å². The van der Waals surface area contributed by atoms with Crippen LogP contribution >= 0.6 is 0 Å². The van der Waals surface area contributed by atoms with Gasteiger partial charge in [-0.2, -0.15) is 0 Å². The van der Waals surface area contributed by atoms with Crippen molar-refractivity contribution in [3.8, 4) is 5.75 Å². The molecule has 0 saturated carbocycles. The monoisotopic (exact) mass is 278 g/mol. The number of nitrogens with one attached hydrogen (secondary N) is 2. The van der Waals surface area contributed by atoms with Gasteiger partial charge in [0, 0.05) is 5.54 Å². The quantitative estimate of drug-likeness (QED) is 0.753. The molecular weight excluding hydrogens is 252 g/mol. The zero-order valence-corrected chi connectivity index (χ0v) is 12.9.